The first-order valence-electron chi connectivity index (χ1n) is 8.56. The van der Waals surface area contributed by atoms with Crippen LogP contribution >= 0.6 is 22.9 Å². The van der Waals surface area contributed by atoms with Crippen molar-refractivity contribution in [2.45, 2.75) is 19.3 Å². The Morgan fingerprint density at radius 3 is 2.96 bits per heavy atom. The summed E-state index contributed by atoms with van der Waals surface area (Å²) in [5.74, 6) is -0.896. The van der Waals surface area contributed by atoms with Gasteiger partial charge in [-0.15, -0.1) is 11.3 Å². The Kier molecular flexibility index (Phi) is 5.99. The number of halogens is 1. The molecule has 0 amide bonds. The predicted octanol–water partition coefficient (Wildman–Crippen LogP) is 4.36. The molecule has 0 aromatic carbocycles. The molecule has 0 saturated carbocycles. The van der Waals surface area contributed by atoms with Crippen molar-refractivity contribution in [2.75, 3.05) is 19.6 Å². The van der Waals surface area contributed by atoms with Crippen LogP contribution in [0.4, 0.5) is 0 Å². The number of carboxylic acid groups (broad SMARTS) is 1. The molecule has 2 aromatic rings. The van der Waals surface area contributed by atoms with Crippen molar-refractivity contribution in [2.24, 2.45) is 13.0 Å². The lowest BCUT2D eigenvalue weighted by molar-refractivity contribution is -0.143. The number of likely N-dealkylation sites (tertiary alicyclic amines) is 1. The molecule has 134 valence electrons. The second kappa shape index (κ2) is 8.21. The highest BCUT2D eigenvalue weighted by Crippen LogP contribution is 2.34. The average Bonchev–Trinajstić information content (AvgIpc) is 3.21. The van der Waals surface area contributed by atoms with E-state index in [1.54, 1.807) is 11.3 Å². The molecule has 1 aliphatic rings. The van der Waals surface area contributed by atoms with Crippen LogP contribution in [0.1, 0.15) is 29.8 Å². The number of hydrogen-bond acceptors (Lipinski definition) is 3. The molecule has 3 heterocycles. The van der Waals surface area contributed by atoms with Crippen molar-refractivity contribution in [1.29, 1.82) is 0 Å². The monoisotopic (exact) mass is 378 g/mol. The van der Waals surface area contributed by atoms with E-state index >= 15 is 0 Å². The topological polar surface area (TPSA) is 45.5 Å². The maximum atomic E-state index is 11.2. The molecular formula is C19H23ClN2O2S. The van der Waals surface area contributed by atoms with Gasteiger partial charge in [-0.05, 0) is 49.4 Å². The Morgan fingerprint density at radius 1 is 1.48 bits per heavy atom. The van der Waals surface area contributed by atoms with Crippen molar-refractivity contribution in [1.82, 2.24) is 9.47 Å². The summed E-state index contributed by atoms with van der Waals surface area (Å²) in [6.07, 6.45) is 6.90. The van der Waals surface area contributed by atoms with E-state index in [4.69, 9.17) is 11.6 Å². The van der Waals surface area contributed by atoms with Crippen LogP contribution < -0.4 is 0 Å². The van der Waals surface area contributed by atoms with E-state index in [-0.39, 0.29) is 5.92 Å². The Bertz CT molecular complexity index is 723. The van der Waals surface area contributed by atoms with E-state index < -0.39 is 5.97 Å². The first kappa shape index (κ1) is 18.2. The summed E-state index contributed by atoms with van der Waals surface area (Å²) in [7, 11) is 2.03. The average molecular weight is 379 g/mol. The fourth-order valence-corrected chi connectivity index (χ4v) is 4.60. The van der Waals surface area contributed by atoms with E-state index in [0.29, 0.717) is 6.54 Å². The number of carbonyl (C=O) groups is 1. The largest absolute Gasteiger partial charge is 0.481 e. The number of rotatable bonds is 6. The minimum absolute atomic E-state index is 0.225. The summed E-state index contributed by atoms with van der Waals surface area (Å²) in [5, 5.41) is 12.0. The van der Waals surface area contributed by atoms with Crippen LogP contribution in [0, 0.1) is 5.92 Å². The zero-order valence-corrected chi connectivity index (χ0v) is 15.9. The van der Waals surface area contributed by atoms with E-state index in [2.05, 4.69) is 21.6 Å². The fraction of sp³-hybridized carbons (Fsp3) is 0.421. The SMILES string of the molecule is Cn1cccc1C(=CCCN1CCCC(C(=O)O)C1)c1sccc1Cl. The summed E-state index contributed by atoms with van der Waals surface area (Å²) in [4.78, 5) is 14.6. The quantitative estimate of drug-likeness (QED) is 0.812. The van der Waals surface area contributed by atoms with Crippen LogP contribution in [-0.2, 0) is 11.8 Å². The van der Waals surface area contributed by atoms with Gasteiger partial charge >= 0.3 is 5.97 Å². The van der Waals surface area contributed by atoms with Crippen molar-refractivity contribution in [3.8, 4) is 0 Å². The molecule has 0 bridgehead atoms. The molecule has 2 aromatic heterocycles. The molecule has 0 radical (unpaired) electrons. The van der Waals surface area contributed by atoms with Gasteiger partial charge in [-0.25, -0.2) is 0 Å². The van der Waals surface area contributed by atoms with Gasteiger partial charge in [0.15, 0.2) is 0 Å². The highest BCUT2D eigenvalue weighted by molar-refractivity contribution is 7.11. The van der Waals surface area contributed by atoms with Crippen LogP contribution in [0.25, 0.3) is 5.57 Å². The van der Waals surface area contributed by atoms with Gasteiger partial charge in [0.25, 0.3) is 0 Å². The Balaban J connectivity index is 1.73. The summed E-state index contributed by atoms with van der Waals surface area (Å²) in [6, 6.07) is 6.07. The lowest BCUT2D eigenvalue weighted by atomic mass is 9.98. The van der Waals surface area contributed by atoms with Crippen molar-refractivity contribution in [3.63, 3.8) is 0 Å². The highest BCUT2D eigenvalue weighted by atomic mass is 35.5. The number of nitrogens with zero attached hydrogens (tertiary/aromatic N) is 2. The lowest BCUT2D eigenvalue weighted by Crippen LogP contribution is -2.39. The number of hydrogen-bond donors (Lipinski definition) is 1. The van der Waals surface area contributed by atoms with Gasteiger partial charge in [0.1, 0.15) is 0 Å². The fourth-order valence-electron chi connectivity index (χ4n) is 3.39. The highest BCUT2D eigenvalue weighted by Gasteiger charge is 2.24. The van der Waals surface area contributed by atoms with Gasteiger partial charge < -0.3 is 14.6 Å². The molecule has 4 nitrogen and oxygen atoms in total. The first-order chi connectivity index (χ1) is 12.1. The third-order valence-electron chi connectivity index (χ3n) is 4.73. The molecule has 6 heteroatoms. The standard InChI is InChI=1S/C19H23ClN2O2S/c1-21-9-4-7-17(21)15(18-16(20)8-12-25-18)6-3-11-22-10-2-5-14(13-22)19(23)24/h4,6-9,12,14H,2-3,5,10-11,13H2,1H3,(H,23,24). The Hall–Kier alpha value is -1.56. The number of aromatic nitrogens is 1. The van der Waals surface area contributed by atoms with Crippen molar-refractivity contribution in [3.05, 3.63) is 51.4 Å². The van der Waals surface area contributed by atoms with Gasteiger partial charge in [0, 0.05) is 37.6 Å². The smallest absolute Gasteiger partial charge is 0.307 e. The number of thiophene rings is 1. The van der Waals surface area contributed by atoms with E-state index in [1.807, 2.05) is 30.8 Å². The van der Waals surface area contributed by atoms with Gasteiger partial charge in [0.05, 0.1) is 15.8 Å². The minimum Gasteiger partial charge on any atom is -0.481 e. The number of carboxylic acids is 1. The minimum atomic E-state index is -0.671. The third kappa shape index (κ3) is 4.35. The number of aryl methyl sites for hydroxylation is 1. The molecule has 3 rings (SSSR count). The van der Waals surface area contributed by atoms with Crippen molar-refractivity contribution >= 4 is 34.5 Å². The summed E-state index contributed by atoms with van der Waals surface area (Å²) < 4.78 is 2.10. The molecular weight excluding hydrogens is 356 g/mol. The van der Waals surface area contributed by atoms with E-state index in [1.165, 1.54) is 0 Å². The molecule has 1 N–H and O–H groups in total. The van der Waals surface area contributed by atoms with E-state index in [9.17, 15) is 9.90 Å². The van der Waals surface area contributed by atoms with Crippen LogP contribution in [0.5, 0.6) is 0 Å². The lowest BCUT2D eigenvalue weighted by Gasteiger charge is -2.30. The van der Waals surface area contributed by atoms with Gasteiger partial charge in [0.2, 0.25) is 0 Å². The second-order valence-corrected chi connectivity index (χ2v) is 7.81. The third-order valence-corrected chi connectivity index (χ3v) is 6.10. The first-order valence-corrected chi connectivity index (χ1v) is 9.82. The number of piperidine rings is 1. The Labute approximate surface area is 157 Å². The Morgan fingerprint density at radius 2 is 2.32 bits per heavy atom. The van der Waals surface area contributed by atoms with Gasteiger partial charge in [-0.2, -0.15) is 0 Å². The molecule has 1 atom stereocenters. The van der Waals surface area contributed by atoms with Crippen LogP contribution in [0.3, 0.4) is 0 Å². The molecule has 0 aliphatic carbocycles. The number of aliphatic carboxylic acids is 1. The maximum Gasteiger partial charge on any atom is 0.307 e. The summed E-state index contributed by atoms with van der Waals surface area (Å²) in [6.45, 7) is 2.51. The normalized spacial score (nSPS) is 19.3. The zero-order chi connectivity index (χ0) is 17.8. The van der Waals surface area contributed by atoms with Crippen molar-refractivity contribution < 1.29 is 9.90 Å². The summed E-state index contributed by atoms with van der Waals surface area (Å²) in [5.41, 5.74) is 2.30. The van der Waals surface area contributed by atoms with Gasteiger partial charge in [-0.1, -0.05) is 17.7 Å². The van der Waals surface area contributed by atoms with Gasteiger partial charge in [-0.3, -0.25) is 4.79 Å². The zero-order valence-electron chi connectivity index (χ0n) is 14.3. The maximum absolute atomic E-state index is 11.2. The predicted molar refractivity (Wildman–Crippen MR) is 103 cm³/mol. The molecule has 1 unspecified atom stereocenters. The molecule has 0 spiro atoms. The summed E-state index contributed by atoms with van der Waals surface area (Å²) >= 11 is 8.02. The molecule has 1 fully saturated rings. The van der Waals surface area contributed by atoms with E-state index in [0.717, 1.165) is 53.5 Å². The van der Waals surface area contributed by atoms with Crippen LogP contribution in [-0.4, -0.2) is 40.2 Å². The van der Waals surface area contributed by atoms with Crippen LogP contribution in [0.2, 0.25) is 5.02 Å². The molecule has 25 heavy (non-hydrogen) atoms. The second-order valence-electron chi connectivity index (χ2n) is 6.49. The van der Waals surface area contributed by atoms with Crippen LogP contribution in [0.15, 0.2) is 35.9 Å². The molecule has 1 saturated heterocycles. The molecule has 1 aliphatic heterocycles.